The smallest absolute Gasteiger partial charge is 0.0161 e. The highest BCUT2D eigenvalue weighted by Crippen LogP contribution is 2.21. The minimum absolute atomic E-state index is 1.07. The fraction of sp³-hybridized carbons (Fsp3) is 0.286. The third-order valence-electron chi connectivity index (χ3n) is 1.18. The molecule has 0 unspecified atom stereocenters. The minimum Gasteiger partial charge on any atom is -0.0765 e. The summed E-state index contributed by atoms with van der Waals surface area (Å²) in [7, 11) is 0. The predicted octanol–water partition coefficient (Wildman–Crippen LogP) is 2.82. The van der Waals surface area contributed by atoms with Crippen molar-refractivity contribution in [3.8, 4) is 0 Å². The molecule has 0 heterocycles. The van der Waals surface area contributed by atoms with E-state index in [9.17, 15) is 0 Å². The Morgan fingerprint density at radius 3 is 2.75 bits per heavy atom. The molecule has 0 spiro atoms. The van der Waals surface area contributed by atoms with Crippen LogP contribution in [0.25, 0.3) is 0 Å². The Kier molecular flexibility index (Phi) is 1.90. The predicted molar refractivity (Wildman–Crippen MR) is 39.7 cm³/mol. The van der Waals surface area contributed by atoms with E-state index in [0.29, 0.717) is 0 Å². The summed E-state index contributed by atoms with van der Waals surface area (Å²) in [6, 6.07) is 0. The summed E-state index contributed by atoms with van der Waals surface area (Å²) < 4.78 is 1.24. The lowest BCUT2D eigenvalue weighted by Gasteiger charge is -2.03. The SMILES string of the molecule is CC1=C[CH]CC=C1Br. The van der Waals surface area contributed by atoms with E-state index in [0.717, 1.165) is 6.42 Å². The van der Waals surface area contributed by atoms with E-state index in [1.807, 2.05) is 0 Å². The molecule has 0 saturated carbocycles. The third kappa shape index (κ3) is 1.22. The molecule has 1 rings (SSSR count). The lowest BCUT2D eigenvalue weighted by molar-refractivity contribution is 1.22. The zero-order valence-electron chi connectivity index (χ0n) is 4.82. The first-order chi connectivity index (χ1) is 3.80. The standard InChI is InChI=1S/C7H8Br/c1-6-4-2-3-5-7(6)8/h2,4-5H,3H2,1H3. The van der Waals surface area contributed by atoms with Crippen LogP contribution in [0.3, 0.4) is 0 Å². The molecule has 0 aromatic rings. The molecule has 0 fully saturated rings. The largest absolute Gasteiger partial charge is 0.0765 e. The van der Waals surface area contributed by atoms with Gasteiger partial charge in [0.1, 0.15) is 0 Å². The maximum Gasteiger partial charge on any atom is 0.0161 e. The van der Waals surface area contributed by atoms with Crippen LogP contribution < -0.4 is 0 Å². The fourth-order valence-corrected chi connectivity index (χ4v) is 0.976. The van der Waals surface area contributed by atoms with Crippen LogP contribution in [0.5, 0.6) is 0 Å². The van der Waals surface area contributed by atoms with Gasteiger partial charge in [-0.25, -0.2) is 0 Å². The van der Waals surface area contributed by atoms with Crippen LogP contribution in [-0.4, -0.2) is 0 Å². The molecule has 0 atom stereocenters. The minimum atomic E-state index is 1.07. The first-order valence-electron chi connectivity index (χ1n) is 2.67. The van der Waals surface area contributed by atoms with Gasteiger partial charge in [-0.1, -0.05) is 28.1 Å². The van der Waals surface area contributed by atoms with Crippen LogP contribution in [0.1, 0.15) is 13.3 Å². The molecule has 8 heavy (non-hydrogen) atoms. The molecule has 1 aliphatic carbocycles. The number of allylic oxidation sites excluding steroid dienone is 4. The molecule has 0 aliphatic heterocycles. The van der Waals surface area contributed by atoms with E-state index in [1.165, 1.54) is 10.1 Å². The zero-order valence-corrected chi connectivity index (χ0v) is 6.40. The van der Waals surface area contributed by atoms with Crippen LogP contribution in [-0.2, 0) is 0 Å². The molecule has 0 amide bonds. The van der Waals surface area contributed by atoms with Crippen molar-refractivity contribution in [3.63, 3.8) is 0 Å². The van der Waals surface area contributed by atoms with Gasteiger partial charge in [0.05, 0.1) is 0 Å². The van der Waals surface area contributed by atoms with Gasteiger partial charge in [-0.3, -0.25) is 0 Å². The van der Waals surface area contributed by atoms with Crippen LogP contribution in [0.2, 0.25) is 0 Å². The fourth-order valence-electron chi connectivity index (χ4n) is 0.657. The van der Waals surface area contributed by atoms with Gasteiger partial charge >= 0.3 is 0 Å². The number of hydrogen-bond acceptors (Lipinski definition) is 0. The average Bonchev–Trinajstić information content (AvgIpc) is 1.77. The number of hydrogen-bond donors (Lipinski definition) is 0. The summed E-state index contributed by atoms with van der Waals surface area (Å²) in [5.74, 6) is 0. The monoisotopic (exact) mass is 171 g/mol. The first-order valence-corrected chi connectivity index (χ1v) is 3.46. The molecule has 0 saturated heterocycles. The summed E-state index contributed by atoms with van der Waals surface area (Å²) in [6.07, 6.45) is 7.51. The van der Waals surface area contributed by atoms with Crippen molar-refractivity contribution in [2.45, 2.75) is 13.3 Å². The number of rotatable bonds is 0. The Morgan fingerprint density at radius 1 is 1.62 bits per heavy atom. The molecular weight excluding hydrogens is 164 g/mol. The molecule has 0 aromatic heterocycles. The molecule has 0 bridgehead atoms. The van der Waals surface area contributed by atoms with Crippen LogP contribution >= 0.6 is 15.9 Å². The third-order valence-corrected chi connectivity index (χ3v) is 2.13. The van der Waals surface area contributed by atoms with Gasteiger partial charge in [0, 0.05) is 4.48 Å². The van der Waals surface area contributed by atoms with Gasteiger partial charge in [-0.2, -0.15) is 0 Å². The zero-order chi connectivity index (χ0) is 5.98. The Hall–Kier alpha value is -0.0400. The quantitative estimate of drug-likeness (QED) is 0.527. The van der Waals surface area contributed by atoms with Crippen molar-refractivity contribution in [2.24, 2.45) is 0 Å². The lowest BCUT2D eigenvalue weighted by Crippen LogP contribution is -1.83. The molecule has 1 radical (unpaired) electrons. The van der Waals surface area contributed by atoms with E-state index < -0.39 is 0 Å². The van der Waals surface area contributed by atoms with Crippen LogP contribution in [0, 0.1) is 6.42 Å². The highest BCUT2D eigenvalue weighted by atomic mass is 79.9. The second-order valence-electron chi connectivity index (χ2n) is 1.87. The Morgan fingerprint density at radius 2 is 2.38 bits per heavy atom. The van der Waals surface area contributed by atoms with Crippen molar-refractivity contribution >= 4 is 15.9 Å². The van der Waals surface area contributed by atoms with Crippen molar-refractivity contribution in [1.82, 2.24) is 0 Å². The van der Waals surface area contributed by atoms with Gasteiger partial charge in [0.25, 0.3) is 0 Å². The van der Waals surface area contributed by atoms with Crippen molar-refractivity contribution in [2.75, 3.05) is 0 Å². The van der Waals surface area contributed by atoms with Crippen LogP contribution in [0.15, 0.2) is 22.2 Å². The van der Waals surface area contributed by atoms with Crippen LogP contribution in [0.4, 0.5) is 0 Å². The second kappa shape index (κ2) is 2.49. The van der Waals surface area contributed by atoms with E-state index in [-0.39, 0.29) is 0 Å². The number of halogens is 1. The first kappa shape index (κ1) is 6.09. The maximum absolute atomic E-state index is 3.43. The molecule has 0 N–H and O–H groups in total. The van der Waals surface area contributed by atoms with Gasteiger partial charge in [0.2, 0.25) is 0 Å². The molecule has 0 aromatic carbocycles. The van der Waals surface area contributed by atoms with E-state index in [4.69, 9.17) is 0 Å². The van der Waals surface area contributed by atoms with Crippen molar-refractivity contribution < 1.29 is 0 Å². The van der Waals surface area contributed by atoms with Gasteiger partial charge in [-0.15, -0.1) is 0 Å². The van der Waals surface area contributed by atoms with E-state index in [1.54, 1.807) is 0 Å². The molecule has 1 aliphatic rings. The Labute approximate surface area is 58.4 Å². The summed E-state index contributed by atoms with van der Waals surface area (Å²) >= 11 is 3.43. The van der Waals surface area contributed by atoms with Gasteiger partial charge in [-0.05, 0) is 25.3 Å². The Balaban J connectivity index is 2.73. The normalized spacial score (nSPS) is 19.8. The molecular formula is C7H8Br. The van der Waals surface area contributed by atoms with Gasteiger partial charge < -0.3 is 0 Å². The topological polar surface area (TPSA) is 0 Å². The average molecular weight is 172 g/mol. The molecule has 43 valence electrons. The lowest BCUT2D eigenvalue weighted by atomic mass is 10.1. The van der Waals surface area contributed by atoms with E-state index >= 15 is 0 Å². The second-order valence-corrected chi connectivity index (χ2v) is 2.73. The summed E-state index contributed by atoms with van der Waals surface area (Å²) in [6.45, 7) is 2.09. The van der Waals surface area contributed by atoms with Crippen molar-refractivity contribution in [3.05, 3.63) is 28.6 Å². The highest BCUT2D eigenvalue weighted by Gasteiger charge is 1.97. The van der Waals surface area contributed by atoms with Gasteiger partial charge in [0.15, 0.2) is 0 Å². The maximum atomic E-state index is 3.43. The van der Waals surface area contributed by atoms with E-state index in [2.05, 4.69) is 41.4 Å². The van der Waals surface area contributed by atoms with Crippen molar-refractivity contribution in [1.29, 1.82) is 0 Å². The molecule has 1 heteroatoms. The summed E-state index contributed by atoms with van der Waals surface area (Å²) in [5.41, 5.74) is 1.32. The molecule has 0 nitrogen and oxygen atoms in total. The summed E-state index contributed by atoms with van der Waals surface area (Å²) in [4.78, 5) is 0. The Bertz CT molecular complexity index is 124. The summed E-state index contributed by atoms with van der Waals surface area (Å²) in [5, 5.41) is 0. The highest BCUT2D eigenvalue weighted by molar-refractivity contribution is 9.12.